The van der Waals surface area contributed by atoms with E-state index < -0.39 is 6.10 Å². The first kappa shape index (κ1) is 18.2. The van der Waals surface area contributed by atoms with Crippen molar-refractivity contribution in [3.63, 3.8) is 0 Å². The number of aliphatic hydroxyl groups is 1. The molecule has 1 saturated heterocycles. The molecular formula is C23H25N3O3. The summed E-state index contributed by atoms with van der Waals surface area (Å²) in [5.74, 6) is 0.681. The fourth-order valence-corrected chi connectivity index (χ4v) is 4.79. The van der Waals surface area contributed by atoms with Crippen molar-refractivity contribution < 1.29 is 14.6 Å². The van der Waals surface area contributed by atoms with Crippen LogP contribution in [0.1, 0.15) is 46.6 Å². The van der Waals surface area contributed by atoms with Crippen LogP contribution >= 0.6 is 0 Å². The Bertz CT molecular complexity index is 1040. The van der Waals surface area contributed by atoms with Crippen LogP contribution in [0.3, 0.4) is 0 Å². The Kier molecular flexibility index (Phi) is 4.53. The van der Waals surface area contributed by atoms with Gasteiger partial charge in [0.15, 0.2) is 0 Å². The van der Waals surface area contributed by atoms with Crippen molar-refractivity contribution in [1.82, 2.24) is 15.2 Å². The molecule has 6 nitrogen and oxygen atoms in total. The molecule has 2 aromatic carbocycles. The van der Waals surface area contributed by atoms with E-state index in [0.29, 0.717) is 12.1 Å². The minimum Gasteiger partial charge on any atom is -0.497 e. The van der Waals surface area contributed by atoms with Gasteiger partial charge in [0.1, 0.15) is 5.75 Å². The second-order valence-corrected chi connectivity index (χ2v) is 7.95. The number of nitrogens with one attached hydrogen (secondary N) is 2. The first-order valence-corrected chi connectivity index (χ1v) is 10.1. The molecule has 3 unspecified atom stereocenters. The van der Waals surface area contributed by atoms with Crippen molar-refractivity contribution in [1.29, 1.82) is 0 Å². The molecule has 3 aromatic rings. The van der Waals surface area contributed by atoms with Crippen LogP contribution in [-0.4, -0.2) is 47.1 Å². The van der Waals surface area contributed by atoms with Crippen LogP contribution < -0.4 is 10.1 Å². The van der Waals surface area contributed by atoms with Gasteiger partial charge in [-0.3, -0.25) is 9.69 Å². The molecule has 2 aliphatic rings. The summed E-state index contributed by atoms with van der Waals surface area (Å²) in [5, 5.41) is 15.0. The number of nitrogens with zero attached hydrogens (tertiary/aromatic N) is 1. The van der Waals surface area contributed by atoms with E-state index >= 15 is 0 Å². The molecule has 5 rings (SSSR count). The normalized spacial score (nSPS) is 24.0. The molecule has 3 atom stereocenters. The summed E-state index contributed by atoms with van der Waals surface area (Å²) in [6.07, 6.45) is 1.22. The average Bonchev–Trinajstić information content (AvgIpc) is 3.15. The van der Waals surface area contributed by atoms with E-state index in [-0.39, 0.29) is 18.0 Å². The number of carbonyl (C=O) groups is 1. The number of carbonyl (C=O) groups excluding carboxylic acids is 1. The molecule has 6 heteroatoms. The molecule has 0 radical (unpaired) electrons. The molecule has 0 aliphatic carbocycles. The Hall–Kier alpha value is -2.83. The number of para-hydroxylation sites is 1. The van der Waals surface area contributed by atoms with E-state index in [1.807, 2.05) is 12.1 Å². The van der Waals surface area contributed by atoms with E-state index in [0.717, 1.165) is 47.3 Å². The Morgan fingerprint density at radius 3 is 2.79 bits per heavy atom. The van der Waals surface area contributed by atoms with Crippen LogP contribution in [-0.2, 0) is 0 Å². The van der Waals surface area contributed by atoms with E-state index in [1.165, 1.54) is 0 Å². The monoisotopic (exact) mass is 391 g/mol. The van der Waals surface area contributed by atoms with Crippen molar-refractivity contribution in [2.24, 2.45) is 0 Å². The number of methoxy groups -OCH3 is 1. The molecule has 3 heterocycles. The maximum Gasteiger partial charge on any atom is 0.251 e. The highest BCUT2D eigenvalue weighted by Crippen LogP contribution is 2.43. The number of benzene rings is 2. The fourth-order valence-electron chi connectivity index (χ4n) is 4.79. The van der Waals surface area contributed by atoms with E-state index in [4.69, 9.17) is 4.74 Å². The van der Waals surface area contributed by atoms with Crippen LogP contribution in [0.15, 0.2) is 48.5 Å². The van der Waals surface area contributed by atoms with Crippen LogP contribution in [0, 0.1) is 0 Å². The number of rotatable bonds is 3. The predicted molar refractivity (Wildman–Crippen MR) is 111 cm³/mol. The SMILES string of the molecule is COc1ccc(C(=O)NC2CCN3CC(O)c4c([nH]c5ccccc45)C3C2)cc1. The number of ether oxygens (including phenoxy) is 1. The third-order valence-corrected chi connectivity index (χ3v) is 6.25. The number of hydrogen-bond donors (Lipinski definition) is 3. The van der Waals surface area contributed by atoms with Gasteiger partial charge in [0.05, 0.1) is 19.3 Å². The number of aromatic amines is 1. The van der Waals surface area contributed by atoms with Gasteiger partial charge in [0, 0.05) is 46.9 Å². The van der Waals surface area contributed by atoms with Gasteiger partial charge in [-0.15, -0.1) is 0 Å². The molecule has 150 valence electrons. The zero-order chi connectivity index (χ0) is 20.0. The summed E-state index contributed by atoms with van der Waals surface area (Å²) in [6, 6.07) is 15.6. The van der Waals surface area contributed by atoms with Crippen LogP contribution in [0.2, 0.25) is 0 Å². The smallest absolute Gasteiger partial charge is 0.251 e. The highest BCUT2D eigenvalue weighted by molar-refractivity contribution is 5.94. The van der Waals surface area contributed by atoms with E-state index in [1.54, 1.807) is 31.4 Å². The zero-order valence-corrected chi connectivity index (χ0v) is 16.4. The lowest BCUT2D eigenvalue weighted by Crippen LogP contribution is -2.49. The standard InChI is InChI=1S/C23H25N3O3/c1-29-16-8-6-14(7-9-16)23(28)24-15-10-11-26-13-20(27)21-17-4-2-3-5-18(17)25-22(21)19(26)12-15/h2-9,15,19-20,25,27H,10-13H2,1H3,(H,24,28). The van der Waals surface area contributed by atoms with Crippen LogP contribution in [0.4, 0.5) is 0 Å². The maximum atomic E-state index is 12.7. The van der Waals surface area contributed by atoms with Gasteiger partial charge in [-0.2, -0.15) is 0 Å². The predicted octanol–water partition coefficient (Wildman–Crippen LogP) is 3.16. The van der Waals surface area contributed by atoms with Crippen LogP contribution in [0.5, 0.6) is 5.75 Å². The van der Waals surface area contributed by atoms with Crippen molar-refractivity contribution in [2.45, 2.75) is 31.0 Å². The lowest BCUT2D eigenvalue weighted by atomic mass is 9.87. The quantitative estimate of drug-likeness (QED) is 0.641. The van der Waals surface area contributed by atoms with Crippen LogP contribution in [0.25, 0.3) is 10.9 Å². The molecule has 1 fully saturated rings. The lowest BCUT2D eigenvalue weighted by Gasteiger charge is -2.43. The number of hydrogen-bond acceptors (Lipinski definition) is 4. The Morgan fingerprint density at radius 1 is 1.21 bits per heavy atom. The minimum atomic E-state index is -0.483. The van der Waals surface area contributed by atoms with E-state index in [9.17, 15) is 9.90 Å². The summed E-state index contributed by atoms with van der Waals surface area (Å²) in [6.45, 7) is 1.49. The third kappa shape index (κ3) is 3.18. The van der Waals surface area contributed by atoms with E-state index in [2.05, 4.69) is 27.3 Å². The first-order chi connectivity index (χ1) is 14.1. The number of aliphatic hydroxyl groups excluding tert-OH is 1. The summed E-state index contributed by atoms with van der Waals surface area (Å²) in [5.41, 5.74) is 3.80. The third-order valence-electron chi connectivity index (χ3n) is 6.25. The molecular weight excluding hydrogens is 366 g/mol. The molecule has 1 aromatic heterocycles. The lowest BCUT2D eigenvalue weighted by molar-refractivity contribution is 0.0365. The summed E-state index contributed by atoms with van der Waals surface area (Å²) < 4.78 is 5.16. The second-order valence-electron chi connectivity index (χ2n) is 7.95. The Balaban J connectivity index is 1.37. The number of amides is 1. The summed E-state index contributed by atoms with van der Waals surface area (Å²) in [7, 11) is 1.61. The topological polar surface area (TPSA) is 77.6 Å². The van der Waals surface area contributed by atoms with Crippen molar-refractivity contribution in [2.75, 3.05) is 20.2 Å². The van der Waals surface area contributed by atoms with Crippen molar-refractivity contribution in [3.05, 3.63) is 65.4 Å². The second kappa shape index (κ2) is 7.21. The number of fused-ring (bicyclic) bond motifs is 5. The molecule has 0 bridgehead atoms. The van der Waals surface area contributed by atoms with Gasteiger partial charge in [0.25, 0.3) is 5.91 Å². The van der Waals surface area contributed by atoms with Gasteiger partial charge < -0.3 is 20.1 Å². The fraction of sp³-hybridized carbons (Fsp3) is 0.348. The molecule has 1 amide bonds. The van der Waals surface area contributed by atoms with Gasteiger partial charge >= 0.3 is 0 Å². The molecule has 2 aliphatic heterocycles. The number of H-pyrrole nitrogens is 1. The Labute approximate surface area is 169 Å². The largest absolute Gasteiger partial charge is 0.497 e. The summed E-state index contributed by atoms with van der Waals surface area (Å²) >= 11 is 0. The van der Waals surface area contributed by atoms with Gasteiger partial charge in [0.2, 0.25) is 0 Å². The number of aromatic nitrogens is 1. The van der Waals surface area contributed by atoms with Gasteiger partial charge in [-0.1, -0.05) is 18.2 Å². The van der Waals surface area contributed by atoms with Crippen molar-refractivity contribution in [3.8, 4) is 5.75 Å². The molecule has 29 heavy (non-hydrogen) atoms. The van der Waals surface area contributed by atoms with Crippen molar-refractivity contribution >= 4 is 16.8 Å². The minimum absolute atomic E-state index is 0.0567. The molecule has 0 saturated carbocycles. The number of piperidine rings is 1. The average molecular weight is 391 g/mol. The summed E-state index contributed by atoms with van der Waals surface area (Å²) in [4.78, 5) is 18.6. The Morgan fingerprint density at radius 2 is 2.00 bits per heavy atom. The molecule has 3 N–H and O–H groups in total. The zero-order valence-electron chi connectivity index (χ0n) is 16.4. The molecule has 0 spiro atoms. The first-order valence-electron chi connectivity index (χ1n) is 10.1. The maximum absolute atomic E-state index is 12.7. The highest BCUT2D eigenvalue weighted by atomic mass is 16.5. The van der Waals surface area contributed by atoms with Gasteiger partial charge in [-0.25, -0.2) is 0 Å². The van der Waals surface area contributed by atoms with Gasteiger partial charge in [-0.05, 0) is 43.2 Å². The highest BCUT2D eigenvalue weighted by Gasteiger charge is 2.39.